The summed E-state index contributed by atoms with van der Waals surface area (Å²) in [5.41, 5.74) is 14.7. The van der Waals surface area contributed by atoms with Crippen LogP contribution in [0.25, 0.3) is 88.9 Å². The lowest BCUT2D eigenvalue weighted by atomic mass is 9.86. The van der Waals surface area contributed by atoms with Gasteiger partial charge in [-0.25, -0.2) is 9.97 Å². The smallest absolute Gasteiger partial charge is 0.182 e. The molecule has 0 N–H and O–H groups in total. The predicted molar refractivity (Wildman–Crippen MR) is 202 cm³/mol. The number of hydrogen-bond acceptors (Lipinski definition) is 3. The van der Waals surface area contributed by atoms with Gasteiger partial charge in [-0.05, 0) is 74.0 Å². The number of pyridine rings is 1. The van der Waals surface area contributed by atoms with E-state index in [1.54, 1.807) is 0 Å². The normalized spacial score (nSPS) is 11.3. The van der Waals surface area contributed by atoms with Crippen LogP contribution in [0.5, 0.6) is 0 Å². The van der Waals surface area contributed by atoms with Crippen LogP contribution in [0.15, 0.2) is 187 Å². The van der Waals surface area contributed by atoms with E-state index >= 15 is 0 Å². The molecule has 230 valence electrons. The Morgan fingerprint density at radius 1 is 0.388 bits per heavy atom. The highest BCUT2D eigenvalue weighted by atomic mass is 16.3. The van der Waals surface area contributed by atoms with Gasteiger partial charge >= 0.3 is 0 Å². The van der Waals surface area contributed by atoms with Crippen molar-refractivity contribution in [2.75, 3.05) is 0 Å². The lowest BCUT2D eigenvalue weighted by Crippen LogP contribution is -1.95. The molecule has 2 heterocycles. The van der Waals surface area contributed by atoms with Crippen LogP contribution in [-0.4, -0.2) is 9.97 Å². The number of benzene rings is 7. The molecule has 0 amide bonds. The Bertz CT molecular complexity index is 2550. The van der Waals surface area contributed by atoms with Crippen molar-refractivity contribution in [3.05, 3.63) is 182 Å². The van der Waals surface area contributed by atoms with Crippen molar-refractivity contribution in [3.63, 3.8) is 0 Å². The number of hydrogen-bond donors (Lipinski definition) is 0. The summed E-state index contributed by atoms with van der Waals surface area (Å²) in [6, 6.07) is 62.1. The van der Waals surface area contributed by atoms with Gasteiger partial charge in [0, 0.05) is 16.7 Å². The van der Waals surface area contributed by atoms with Crippen LogP contribution in [0.3, 0.4) is 0 Å². The van der Waals surface area contributed by atoms with E-state index in [2.05, 4.69) is 163 Å². The summed E-state index contributed by atoms with van der Waals surface area (Å²) in [5, 5.41) is 2.38. The third kappa shape index (κ3) is 5.28. The van der Waals surface area contributed by atoms with Crippen molar-refractivity contribution in [2.24, 2.45) is 0 Å². The van der Waals surface area contributed by atoms with Crippen LogP contribution in [0.2, 0.25) is 0 Å². The summed E-state index contributed by atoms with van der Waals surface area (Å²) in [5.74, 6) is 0. The molecule has 0 saturated carbocycles. The monoisotopic (exact) mass is 626 g/mol. The molecule has 3 nitrogen and oxygen atoms in total. The second-order valence-corrected chi connectivity index (χ2v) is 12.2. The molecule has 0 radical (unpaired) electrons. The van der Waals surface area contributed by atoms with Crippen molar-refractivity contribution >= 4 is 21.9 Å². The largest absolute Gasteiger partial charge is 0.443 e. The van der Waals surface area contributed by atoms with Crippen molar-refractivity contribution in [1.82, 2.24) is 9.97 Å². The highest BCUT2D eigenvalue weighted by Gasteiger charge is 2.19. The zero-order valence-corrected chi connectivity index (χ0v) is 26.6. The van der Waals surface area contributed by atoms with Crippen LogP contribution in [0.1, 0.15) is 0 Å². The van der Waals surface area contributed by atoms with Crippen LogP contribution in [0.4, 0.5) is 0 Å². The quantitative estimate of drug-likeness (QED) is 0.184. The second kappa shape index (κ2) is 12.2. The minimum absolute atomic E-state index is 0.794. The van der Waals surface area contributed by atoms with E-state index in [9.17, 15) is 0 Å². The lowest BCUT2D eigenvalue weighted by molar-refractivity contribution is 0.603. The minimum atomic E-state index is 0.794. The molecule has 0 saturated heterocycles. The van der Waals surface area contributed by atoms with Crippen LogP contribution in [-0.2, 0) is 0 Å². The van der Waals surface area contributed by atoms with Crippen molar-refractivity contribution in [1.29, 1.82) is 0 Å². The molecule has 2 aromatic heterocycles. The van der Waals surface area contributed by atoms with Crippen molar-refractivity contribution < 1.29 is 4.42 Å². The van der Waals surface area contributed by atoms with E-state index in [4.69, 9.17) is 9.40 Å². The van der Waals surface area contributed by atoms with Gasteiger partial charge in [-0.15, -0.1) is 0 Å². The maximum atomic E-state index is 5.83. The Labute approximate surface area is 284 Å². The first-order chi connectivity index (χ1) is 24.3. The molecule has 0 bridgehead atoms. The molecular weight excluding hydrogens is 597 g/mol. The van der Waals surface area contributed by atoms with Crippen LogP contribution < -0.4 is 0 Å². The Kier molecular flexibility index (Phi) is 7.14. The SMILES string of the molecule is c1ccc(-c2cc(-c3ccccc3)nc(-c3ccccc3-c3c(-c4cccc(-c5cccc6ncoc56)c4)ccc4ccccc34)c2)cc1. The fourth-order valence-corrected chi connectivity index (χ4v) is 6.92. The number of aromatic nitrogens is 2. The fraction of sp³-hybridized carbons (Fsp3) is 0. The van der Waals surface area contributed by atoms with Gasteiger partial charge in [-0.2, -0.15) is 0 Å². The zero-order chi connectivity index (χ0) is 32.6. The first-order valence-electron chi connectivity index (χ1n) is 16.5. The molecule has 0 aliphatic heterocycles. The summed E-state index contributed by atoms with van der Waals surface area (Å²) >= 11 is 0. The Morgan fingerprint density at radius 3 is 1.86 bits per heavy atom. The average molecular weight is 627 g/mol. The molecule has 0 spiro atoms. The Balaban J connectivity index is 1.28. The van der Waals surface area contributed by atoms with E-state index in [0.29, 0.717) is 0 Å². The van der Waals surface area contributed by atoms with Crippen molar-refractivity contribution in [2.45, 2.75) is 0 Å². The van der Waals surface area contributed by atoms with Gasteiger partial charge in [0.05, 0.1) is 11.4 Å². The van der Waals surface area contributed by atoms with Crippen LogP contribution in [0, 0.1) is 0 Å². The third-order valence-electron chi connectivity index (χ3n) is 9.24. The highest BCUT2D eigenvalue weighted by Crippen LogP contribution is 2.44. The number of para-hydroxylation sites is 1. The van der Waals surface area contributed by atoms with E-state index in [1.807, 2.05) is 18.2 Å². The van der Waals surface area contributed by atoms with Crippen LogP contribution >= 0.6 is 0 Å². The standard InChI is InChI=1S/C46H30N2O/c1-3-13-31(14-4-1)36-28-43(33-16-5-2-6-17-33)48-44(29-36)40-21-9-10-22-41(40)45-37-20-8-7-15-32(37)25-26-38(45)34-18-11-19-35(27-34)39-23-12-24-42-46(39)49-30-47-42/h1-30H. The molecule has 9 aromatic rings. The average Bonchev–Trinajstić information content (AvgIpc) is 3.68. The first-order valence-corrected chi connectivity index (χ1v) is 16.5. The molecule has 0 atom stereocenters. The van der Waals surface area contributed by atoms with Gasteiger partial charge in [0.25, 0.3) is 0 Å². The maximum Gasteiger partial charge on any atom is 0.182 e. The van der Waals surface area contributed by atoms with Crippen molar-refractivity contribution in [3.8, 4) is 67.0 Å². The molecule has 9 rings (SSSR count). The number of nitrogens with zero attached hydrogens (tertiary/aromatic N) is 2. The minimum Gasteiger partial charge on any atom is -0.443 e. The van der Waals surface area contributed by atoms with Gasteiger partial charge < -0.3 is 4.42 Å². The summed E-state index contributed by atoms with van der Waals surface area (Å²) in [7, 11) is 0. The maximum absolute atomic E-state index is 5.83. The predicted octanol–water partition coefficient (Wildman–Crippen LogP) is 12.4. The summed E-state index contributed by atoms with van der Waals surface area (Å²) in [4.78, 5) is 9.72. The molecule has 0 aliphatic rings. The molecule has 3 heteroatoms. The van der Waals surface area contributed by atoms with E-state index in [1.165, 1.54) is 22.7 Å². The van der Waals surface area contributed by atoms with E-state index in [-0.39, 0.29) is 0 Å². The Hall–Kier alpha value is -6.58. The second-order valence-electron chi connectivity index (χ2n) is 12.2. The van der Waals surface area contributed by atoms with Gasteiger partial charge in [-0.3, -0.25) is 0 Å². The molecule has 0 unspecified atom stereocenters. The molecule has 0 fully saturated rings. The third-order valence-corrected chi connectivity index (χ3v) is 9.24. The molecule has 49 heavy (non-hydrogen) atoms. The molecule has 0 aliphatic carbocycles. The summed E-state index contributed by atoms with van der Waals surface area (Å²) in [6.07, 6.45) is 1.51. The lowest BCUT2D eigenvalue weighted by Gasteiger charge is -2.19. The summed E-state index contributed by atoms with van der Waals surface area (Å²) < 4.78 is 5.83. The van der Waals surface area contributed by atoms with E-state index in [0.717, 1.165) is 72.6 Å². The number of fused-ring (bicyclic) bond motifs is 2. The topological polar surface area (TPSA) is 38.9 Å². The molecular formula is C46H30N2O. The summed E-state index contributed by atoms with van der Waals surface area (Å²) in [6.45, 7) is 0. The highest BCUT2D eigenvalue weighted by molar-refractivity contribution is 6.07. The molecule has 7 aromatic carbocycles. The van der Waals surface area contributed by atoms with Gasteiger partial charge in [0.1, 0.15) is 5.52 Å². The van der Waals surface area contributed by atoms with Gasteiger partial charge in [0.2, 0.25) is 0 Å². The fourth-order valence-electron chi connectivity index (χ4n) is 6.92. The Morgan fingerprint density at radius 2 is 1.02 bits per heavy atom. The van der Waals surface area contributed by atoms with Gasteiger partial charge in [0.15, 0.2) is 12.0 Å². The number of rotatable bonds is 6. The zero-order valence-electron chi connectivity index (χ0n) is 26.6. The van der Waals surface area contributed by atoms with E-state index < -0.39 is 0 Å². The number of oxazole rings is 1. The van der Waals surface area contributed by atoms with Gasteiger partial charge in [-0.1, -0.05) is 152 Å². The first kappa shape index (κ1) is 28.6.